The number of aryl methyl sites for hydroxylation is 3. The van der Waals surface area contributed by atoms with E-state index in [2.05, 4.69) is 28.5 Å². The molecule has 7 rings (SSSR count). The Labute approximate surface area is 298 Å². The Balaban J connectivity index is 1.35. The molecule has 0 saturated carbocycles. The van der Waals surface area contributed by atoms with Crippen LogP contribution in [0.15, 0.2) is 65.7 Å². The van der Waals surface area contributed by atoms with Gasteiger partial charge < -0.3 is 18.9 Å². The van der Waals surface area contributed by atoms with Crippen LogP contribution in [0.3, 0.4) is 0 Å². The Bertz CT molecular complexity index is 2190. The monoisotopic (exact) mass is 709 g/mol. The van der Waals surface area contributed by atoms with Crippen LogP contribution in [0, 0.1) is 19.8 Å². The summed E-state index contributed by atoms with van der Waals surface area (Å²) in [6.07, 6.45) is 4.19. The maximum absolute atomic E-state index is 14.6. The van der Waals surface area contributed by atoms with Gasteiger partial charge in [-0.25, -0.2) is 23.1 Å². The van der Waals surface area contributed by atoms with Gasteiger partial charge in [-0.2, -0.15) is 4.98 Å². The normalized spacial score (nSPS) is 19.2. The first-order valence-corrected chi connectivity index (χ1v) is 18.9. The fourth-order valence-electron chi connectivity index (χ4n) is 7.18. The first-order valence-electron chi connectivity index (χ1n) is 17.4. The molecule has 0 spiro atoms. The number of nitrogens with zero attached hydrogens (tertiary/aromatic N) is 6. The van der Waals surface area contributed by atoms with Crippen molar-refractivity contribution in [3.8, 4) is 17.1 Å². The van der Waals surface area contributed by atoms with Crippen molar-refractivity contribution >= 4 is 33.0 Å². The second-order valence-electron chi connectivity index (χ2n) is 13.9. The van der Waals surface area contributed by atoms with Crippen LogP contribution < -0.4 is 9.46 Å². The minimum absolute atomic E-state index is 0.0837. The van der Waals surface area contributed by atoms with Crippen LogP contribution in [-0.2, 0) is 28.4 Å². The standard InChI is InChI=1S/C38H43N7O5S/c1-23(2)33-17-32-36(44(33)5)40-28(19-39-32)20-45-29(15-26-11-8-14-49-21-26)22-50-34-18-31(35-24(3)9-6-10-25(35)4)41-38(42-34)43-51(47,48)30-13-7-12-27(16-30)37(45)46/h6-7,9-10,12-13,16-19,23,26,29H,8,11,14-15,20-22H2,1-5H3,(H,41,42,43)/t26-,29+/m0/s1. The Kier molecular flexibility index (Phi) is 9.51. The molecule has 3 aromatic heterocycles. The first-order chi connectivity index (χ1) is 24.5. The molecule has 2 aliphatic heterocycles. The molecule has 2 atom stereocenters. The minimum Gasteiger partial charge on any atom is -0.475 e. The van der Waals surface area contributed by atoms with Crippen LogP contribution in [0.5, 0.6) is 5.88 Å². The zero-order valence-corrected chi connectivity index (χ0v) is 30.4. The molecule has 5 aromatic rings. The van der Waals surface area contributed by atoms with Gasteiger partial charge in [-0.15, -0.1) is 0 Å². The van der Waals surface area contributed by atoms with E-state index in [1.807, 2.05) is 49.7 Å². The van der Waals surface area contributed by atoms with E-state index < -0.39 is 16.1 Å². The number of nitrogens with one attached hydrogen (secondary N) is 1. The summed E-state index contributed by atoms with van der Waals surface area (Å²) in [6.45, 7) is 9.73. The van der Waals surface area contributed by atoms with Crippen LogP contribution >= 0.6 is 0 Å². The van der Waals surface area contributed by atoms with E-state index in [1.54, 1.807) is 29.3 Å². The fraction of sp³-hybridized carbons (Fsp3) is 0.395. The number of benzene rings is 2. The number of amides is 1. The number of hydrogen-bond acceptors (Lipinski definition) is 9. The summed E-state index contributed by atoms with van der Waals surface area (Å²) in [5, 5.41) is 0. The van der Waals surface area contributed by atoms with Crippen molar-refractivity contribution in [1.82, 2.24) is 29.4 Å². The van der Waals surface area contributed by atoms with Crippen molar-refractivity contribution in [3.63, 3.8) is 0 Å². The van der Waals surface area contributed by atoms with Gasteiger partial charge in [0, 0.05) is 43.1 Å². The predicted octanol–water partition coefficient (Wildman–Crippen LogP) is 6.19. The lowest BCUT2D eigenvalue weighted by Gasteiger charge is -2.35. The second-order valence-corrected chi connectivity index (χ2v) is 15.6. The minimum atomic E-state index is -4.19. The Hall–Kier alpha value is -4.88. The molecule has 1 saturated heterocycles. The number of aromatic nitrogens is 5. The van der Waals surface area contributed by atoms with Gasteiger partial charge in [0.25, 0.3) is 15.9 Å². The summed E-state index contributed by atoms with van der Waals surface area (Å²) < 4.78 is 44.4. The highest BCUT2D eigenvalue weighted by Crippen LogP contribution is 2.31. The topological polar surface area (TPSA) is 141 Å². The van der Waals surface area contributed by atoms with E-state index >= 15 is 0 Å². The number of ether oxygens (including phenoxy) is 2. The number of anilines is 1. The lowest BCUT2D eigenvalue weighted by Crippen LogP contribution is -2.45. The van der Waals surface area contributed by atoms with Crippen LogP contribution in [0.25, 0.3) is 22.4 Å². The maximum atomic E-state index is 14.6. The van der Waals surface area contributed by atoms with Crippen molar-refractivity contribution in [3.05, 3.63) is 88.9 Å². The van der Waals surface area contributed by atoms with Gasteiger partial charge in [0.05, 0.1) is 35.1 Å². The van der Waals surface area contributed by atoms with E-state index in [0.717, 1.165) is 46.4 Å². The Morgan fingerprint density at radius 1 is 1.00 bits per heavy atom. The van der Waals surface area contributed by atoms with E-state index in [4.69, 9.17) is 19.4 Å². The number of carbonyl (C=O) groups excluding carboxylic acids is 1. The molecule has 2 aliphatic rings. The summed E-state index contributed by atoms with van der Waals surface area (Å²) in [5.41, 5.74) is 6.79. The summed E-state index contributed by atoms with van der Waals surface area (Å²) in [5.74, 6) is 0.192. The molecule has 1 amide bonds. The Morgan fingerprint density at radius 2 is 1.78 bits per heavy atom. The molecule has 0 unspecified atom stereocenters. The van der Waals surface area contributed by atoms with Crippen LogP contribution in [0.4, 0.5) is 5.95 Å². The highest BCUT2D eigenvalue weighted by atomic mass is 32.2. The van der Waals surface area contributed by atoms with Crippen LogP contribution in [0.1, 0.15) is 71.9 Å². The molecule has 13 heteroatoms. The predicted molar refractivity (Wildman–Crippen MR) is 194 cm³/mol. The van der Waals surface area contributed by atoms with Crippen molar-refractivity contribution in [2.75, 3.05) is 24.5 Å². The molecule has 5 heterocycles. The molecule has 4 bridgehead atoms. The third-order valence-electron chi connectivity index (χ3n) is 9.79. The van der Waals surface area contributed by atoms with Crippen molar-refractivity contribution in [2.45, 2.75) is 70.4 Å². The summed E-state index contributed by atoms with van der Waals surface area (Å²) in [4.78, 5) is 35.2. The van der Waals surface area contributed by atoms with E-state index in [0.29, 0.717) is 31.0 Å². The van der Waals surface area contributed by atoms with Gasteiger partial charge in [0.2, 0.25) is 11.8 Å². The van der Waals surface area contributed by atoms with Gasteiger partial charge in [0.1, 0.15) is 12.1 Å². The van der Waals surface area contributed by atoms with E-state index in [-0.39, 0.29) is 53.2 Å². The lowest BCUT2D eigenvalue weighted by atomic mass is 9.93. The summed E-state index contributed by atoms with van der Waals surface area (Å²) in [6, 6.07) is 15.3. The zero-order chi connectivity index (χ0) is 35.9. The molecule has 12 nitrogen and oxygen atoms in total. The van der Waals surface area contributed by atoms with E-state index in [9.17, 15) is 13.2 Å². The quantitative estimate of drug-likeness (QED) is 0.219. The highest BCUT2D eigenvalue weighted by Gasteiger charge is 2.32. The first kappa shape index (κ1) is 34.6. The number of sulfonamides is 1. The number of fused-ring (bicyclic) bond motifs is 5. The van der Waals surface area contributed by atoms with E-state index in [1.165, 1.54) is 12.1 Å². The third kappa shape index (κ3) is 7.18. The molecule has 0 radical (unpaired) electrons. The molecule has 2 aromatic carbocycles. The van der Waals surface area contributed by atoms with Crippen molar-refractivity contribution in [1.29, 1.82) is 0 Å². The molecule has 1 fully saturated rings. The summed E-state index contributed by atoms with van der Waals surface area (Å²) in [7, 11) is -2.22. The van der Waals surface area contributed by atoms with Crippen LogP contribution in [-0.4, -0.2) is 69.6 Å². The molecular formula is C38H43N7O5S. The average Bonchev–Trinajstić information content (AvgIpc) is 3.44. The molecular weight excluding hydrogens is 667 g/mol. The highest BCUT2D eigenvalue weighted by molar-refractivity contribution is 7.92. The second kappa shape index (κ2) is 14.0. The average molecular weight is 710 g/mol. The maximum Gasteiger partial charge on any atom is 0.264 e. The molecule has 266 valence electrons. The van der Waals surface area contributed by atoms with Gasteiger partial charge >= 0.3 is 0 Å². The molecule has 1 N–H and O–H groups in total. The van der Waals surface area contributed by atoms with Crippen molar-refractivity contribution in [2.24, 2.45) is 13.0 Å². The van der Waals surface area contributed by atoms with Gasteiger partial charge in [0.15, 0.2) is 5.65 Å². The van der Waals surface area contributed by atoms with Crippen LogP contribution in [0.2, 0.25) is 0 Å². The zero-order valence-electron chi connectivity index (χ0n) is 29.6. The smallest absolute Gasteiger partial charge is 0.264 e. The largest absolute Gasteiger partial charge is 0.475 e. The summed E-state index contributed by atoms with van der Waals surface area (Å²) >= 11 is 0. The lowest BCUT2D eigenvalue weighted by molar-refractivity contribution is 0.0250. The fourth-order valence-corrected chi connectivity index (χ4v) is 8.17. The van der Waals surface area contributed by atoms with Crippen molar-refractivity contribution < 1.29 is 22.7 Å². The van der Waals surface area contributed by atoms with Gasteiger partial charge in [-0.05, 0) is 80.3 Å². The number of carbonyl (C=O) groups is 1. The number of hydrogen-bond donors (Lipinski definition) is 1. The SMILES string of the molecule is Cc1cccc(C)c1-c1cc2nc(n1)NS(=O)(=O)c1cccc(c1)C(=O)N(Cc1cnc3cc(C(C)C)n(C)c3n1)[C@H](C[C@@H]1CCCOC1)CO2. The van der Waals surface area contributed by atoms with Gasteiger partial charge in [-0.3, -0.25) is 9.78 Å². The Morgan fingerprint density at radius 3 is 2.53 bits per heavy atom. The number of rotatable bonds is 6. The molecule has 51 heavy (non-hydrogen) atoms. The molecule has 0 aliphatic carbocycles. The van der Waals surface area contributed by atoms with Gasteiger partial charge in [-0.1, -0.05) is 38.1 Å². The third-order valence-corrected chi connectivity index (χ3v) is 11.1.